The summed E-state index contributed by atoms with van der Waals surface area (Å²) in [5, 5.41) is 22.5. The highest BCUT2D eigenvalue weighted by Gasteiger charge is 2.18. The Morgan fingerprint density at radius 2 is 2.10 bits per heavy atom. The second-order valence-corrected chi connectivity index (χ2v) is 4.23. The van der Waals surface area contributed by atoms with Crippen LogP contribution in [-0.2, 0) is 0 Å². The Morgan fingerprint density at radius 3 is 2.75 bits per heavy atom. The predicted octanol–water partition coefficient (Wildman–Crippen LogP) is 4.00. The maximum atomic E-state index is 13.2. The summed E-state index contributed by atoms with van der Waals surface area (Å²) in [4.78, 5) is 10.4. The van der Waals surface area contributed by atoms with Crippen LogP contribution in [0.1, 0.15) is 5.56 Å². The van der Waals surface area contributed by atoms with Gasteiger partial charge in [0.1, 0.15) is 22.6 Å². The molecule has 0 saturated heterocycles. The van der Waals surface area contributed by atoms with Crippen LogP contribution in [0.2, 0.25) is 5.02 Å². The Kier molecular flexibility index (Phi) is 3.82. The van der Waals surface area contributed by atoms with Crippen molar-refractivity contribution in [1.29, 1.82) is 5.26 Å². The summed E-state index contributed by atoms with van der Waals surface area (Å²) >= 11 is 5.78. The van der Waals surface area contributed by atoms with Crippen molar-refractivity contribution in [2.24, 2.45) is 0 Å². The van der Waals surface area contributed by atoms with Gasteiger partial charge in [-0.25, -0.2) is 4.39 Å². The Bertz CT molecular complexity index is 728. The third-order valence-electron chi connectivity index (χ3n) is 2.54. The number of nitrogens with one attached hydrogen (secondary N) is 1. The molecule has 0 radical (unpaired) electrons. The highest BCUT2D eigenvalue weighted by molar-refractivity contribution is 6.33. The van der Waals surface area contributed by atoms with E-state index in [0.717, 1.165) is 6.07 Å². The van der Waals surface area contributed by atoms with Crippen molar-refractivity contribution in [3.63, 3.8) is 0 Å². The molecule has 0 fully saturated rings. The van der Waals surface area contributed by atoms with Gasteiger partial charge in [-0.15, -0.1) is 0 Å². The Labute approximate surface area is 118 Å². The van der Waals surface area contributed by atoms with E-state index in [1.165, 1.54) is 24.3 Å². The lowest BCUT2D eigenvalue weighted by Crippen LogP contribution is -1.98. The summed E-state index contributed by atoms with van der Waals surface area (Å²) in [6.07, 6.45) is 0. The van der Waals surface area contributed by atoms with Crippen molar-refractivity contribution in [2.75, 3.05) is 5.32 Å². The molecule has 2 aromatic carbocycles. The first-order chi connectivity index (χ1) is 9.52. The number of anilines is 2. The van der Waals surface area contributed by atoms with Crippen LogP contribution in [0.5, 0.6) is 0 Å². The van der Waals surface area contributed by atoms with Gasteiger partial charge in [-0.3, -0.25) is 10.1 Å². The highest BCUT2D eigenvalue weighted by Crippen LogP contribution is 2.34. The molecule has 5 nitrogen and oxygen atoms in total. The number of para-hydroxylation sites is 1. The molecule has 0 aliphatic heterocycles. The number of rotatable bonds is 3. The number of benzene rings is 2. The van der Waals surface area contributed by atoms with Crippen LogP contribution >= 0.6 is 11.6 Å². The van der Waals surface area contributed by atoms with E-state index in [2.05, 4.69) is 5.32 Å². The summed E-state index contributed by atoms with van der Waals surface area (Å²) in [5.74, 6) is -0.654. The molecule has 0 heterocycles. The lowest BCUT2D eigenvalue weighted by Gasteiger charge is -2.08. The molecule has 20 heavy (non-hydrogen) atoms. The fourth-order valence-corrected chi connectivity index (χ4v) is 1.89. The van der Waals surface area contributed by atoms with Gasteiger partial charge >= 0.3 is 5.69 Å². The number of nitro benzene ring substituents is 1. The fraction of sp³-hybridized carbons (Fsp3) is 0. The molecule has 2 aromatic rings. The molecule has 1 N–H and O–H groups in total. The first kappa shape index (κ1) is 13.8. The third-order valence-corrected chi connectivity index (χ3v) is 2.84. The molecule has 7 heteroatoms. The normalized spacial score (nSPS) is 9.85. The van der Waals surface area contributed by atoms with E-state index in [4.69, 9.17) is 16.9 Å². The molecule has 0 aliphatic carbocycles. The summed E-state index contributed by atoms with van der Waals surface area (Å²) in [6.45, 7) is 0. The predicted molar refractivity (Wildman–Crippen MR) is 72.5 cm³/mol. The van der Waals surface area contributed by atoms with Crippen LogP contribution in [0.25, 0.3) is 0 Å². The number of halogens is 2. The SMILES string of the molecule is N#Cc1cc(Nc2cccc(Cl)c2[N+](=O)[O-])ccc1F. The van der Waals surface area contributed by atoms with Crippen molar-refractivity contribution < 1.29 is 9.31 Å². The molecule has 0 aromatic heterocycles. The van der Waals surface area contributed by atoms with E-state index < -0.39 is 10.7 Å². The van der Waals surface area contributed by atoms with Crippen LogP contribution in [0.3, 0.4) is 0 Å². The summed E-state index contributed by atoms with van der Waals surface area (Å²) in [6, 6.07) is 9.86. The summed E-state index contributed by atoms with van der Waals surface area (Å²) in [5.41, 5.74) is 0.0861. The summed E-state index contributed by atoms with van der Waals surface area (Å²) in [7, 11) is 0. The minimum Gasteiger partial charge on any atom is -0.350 e. The van der Waals surface area contributed by atoms with Crippen molar-refractivity contribution >= 4 is 28.7 Å². The molecule has 0 saturated carbocycles. The zero-order chi connectivity index (χ0) is 14.7. The van der Waals surface area contributed by atoms with Gasteiger partial charge in [-0.1, -0.05) is 17.7 Å². The van der Waals surface area contributed by atoms with Crippen LogP contribution < -0.4 is 5.32 Å². The summed E-state index contributed by atoms with van der Waals surface area (Å²) < 4.78 is 13.2. The van der Waals surface area contributed by atoms with Gasteiger partial charge < -0.3 is 5.32 Å². The lowest BCUT2D eigenvalue weighted by molar-refractivity contribution is -0.383. The Balaban J connectivity index is 2.43. The molecule has 0 atom stereocenters. The zero-order valence-electron chi connectivity index (χ0n) is 9.93. The number of nitrogens with zero attached hydrogens (tertiary/aromatic N) is 2. The molecule has 0 bridgehead atoms. The molecule has 2 rings (SSSR count). The molecule has 0 aliphatic rings. The fourth-order valence-electron chi connectivity index (χ4n) is 1.65. The maximum Gasteiger partial charge on any atom is 0.311 e. The topological polar surface area (TPSA) is 79.0 Å². The quantitative estimate of drug-likeness (QED) is 0.684. The van der Waals surface area contributed by atoms with E-state index in [-0.39, 0.29) is 22.0 Å². The van der Waals surface area contributed by atoms with Crippen LogP contribution in [-0.4, -0.2) is 4.92 Å². The smallest absolute Gasteiger partial charge is 0.311 e. The van der Waals surface area contributed by atoms with Crippen molar-refractivity contribution in [3.05, 3.63) is 62.9 Å². The van der Waals surface area contributed by atoms with Crippen molar-refractivity contribution in [3.8, 4) is 6.07 Å². The molecular formula is C13H7ClFN3O2. The average Bonchev–Trinajstić information content (AvgIpc) is 2.40. The maximum absolute atomic E-state index is 13.2. The first-order valence-corrected chi connectivity index (χ1v) is 5.80. The van der Waals surface area contributed by atoms with Gasteiger partial charge in [0.15, 0.2) is 0 Å². The van der Waals surface area contributed by atoms with Gasteiger partial charge in [0.05, 0.1) is 10.5 Å². The Morgan fingerprint density at radius 1 is 1.35 bits per heavy atom. The third kappa shape index (κ3) is 2.68. The second-order valence-electron chi connectivity index (χ2n) is 3.82. The molecule has 100 valence electrons. The van der Waals surface area contributed by atoms with Crippen LogP contribution in [0.15, 0.2) is 36.4 Å². The van der Waals surface area contributed by atoms with Gasteiger partial charge in [0.25, 0.3) is 0 Å². The largest absolute Gasteiger partial charge is 0.350 e. The van der Waals surface area contributed by atoms with Gasteiger partial charge in [0.2, 0.25) is 0 Å². The minimum absolute atomic E-state index is 0.0115. The Hall–Kier alpha value is -2.65. The van der Waals surface area contributed by atoms with E-state index in [1.807, 2.05) is 0 Å². The highest BCUT2D eigenvalue weighted by atomic mass is 35.5. The van der Waals surface area contributed by atoms with Crippen molar-refractivity contribution in [2.45, 2.75) is 0 Å². The van der Waals surface area contributed by atoms with Crippen LogP contribution in [0.4, 0.5) is 21.5 Å². The van der Waals surface area contributed by atoms with Gasteiger partial charge in [0, 0.05) is 5.69 Å². The van der Waals surface area contributed by atoms with E-state index in [9.17, 15) is 14.5 Å². The van der Waals surface area contributed by atoms with Gasteiger partial charge in [-0.05, 0) is 30.3 Å². The van der Waals surface area contributed by atoms with E-state index in [0.29, 0.717) is 5.69 Å². The molecule has 0 spiro atoms. The number of hydrogen-bond donors (Lipinski definition) is 1. The molecule has 0 amide bonds. The van der Waals surface area contributed by atoms with E-state index >= 15 is 0 Å². The lowest BCUT2D eigenvalue weighted by atomic mass is 10.2. The first-order valence-electron chi connectivity index (χ1n) is 5.42. The monoisotopic (exact) mass is 291 g/mol. The number of nitro groups is 1. The second kappa shape index (κ2) is 5.55. The number of nitriles is 1. The number of hydrogen-bond acceptors (Lipinski definition) is 4. The zero-order valence-corrected chi connectivity index (χ0v) is 10.7. The molecular weight excluding hydrogens is 285 g/mol. The average molecular weight is 292 g/mol. The van der Waals surface area contributed by atoms with Crippen LogP contribution in [0, 0.1) is 27.3 Å². The minimum atomic E-state index is -0.654. The van der Waals surface area contributed by atoms with E-state index in [1.54, 1.807) is 12.1 Å². The van der Waals surface area contributed by atoms with Gasteiger partial charge in [-0.2, -0.15) is 5.26 Å². The van der Waals surface area contributed by atoms with Crippen molar-refractivity contribution in [1.82, 2.24) is 0 Å². The molecule has 0 unspecified atom stereocenters. The standard InChI is InChI=1S/C13H7ClFN3O2/c14-10-2-1-3-12(13(10)18(19)20)17-9-4-5-11(15)8(6-9)7-16/h1-6,17H.